The van der Waals surface area contributed by atoms with E-state index in [1.807, 2.05) is 0 Å². The van der Waals surface area contributed by atoms with Gasteiger partial charge in [0.05, 0.1) is 19.8 Å². The summed E-state index contributed by atoms with van der Waals surface area (Å²) in [6.45, 7) is 14.3. The molecule has 0 aromatic carbocycles. The summed E-state index contributed by atoms with van der Waals surface area (Å²) in [5.41, 5.74) is 0.652. The van der Waals surface area contributed by atoms with E-state index in [-0.39, 0.29) is 11.3 Å². The van der Waals surface area contributed by atoms with Gasteiger partial charge < -0.3 is 9.47 Å². The Morgan fingerprint density at radius 1 is 0.886 bits per heavy atom. The molecule has 0 aromatic rings. The fourth-order valence-corrected chi connectivity index (χ4v) is 12.5. The molecule has 10 atom stereocenters. The van der Waals surface area contributed by atoms with Crippen LogP contribution in [0.3, 0.4) is 0 Å². The number of carbonyl (C=O) groups is 2. The number of likely N-dealkylation sites (tertiary alicyclic amines) is 1. The molecule has 0 spiro atoms. The van der Waals surface area contributed by atoms with Crippen LogP contribution >= 0.6 is 0 Å². The van der Waals surface area contributed by atoms with Crippen LogP contribution < -0.4 is 0 Å². The zero-order valence-corrected chi connectivity index (χ0v) is 28.7. The fraction of sp³-hybridized carbons (Fsp3) is 0.892. The summed E-state index contributed by atoms with van der Waals surface area (Å²) in [7, 11) is 2.88. The molecule has 7 heteroatoms. The van der Waals surface area contributed by atoms with Crippen molar-refractivity contribution >= 4 is 23.4 Å². The van der Waals surface area contributed by atoms with Gasteiger partial charge in [-0.25, -0.2) is 9.59 Å². The molecule has 5 fully saturated rings. The van der Waals surface area contributed by atoms with Crippen LogP contribution in [0.4, 0.5) is 0 Å². The lowest BCUT2D eigenvalue weighted by Crippen LogP contribution is -2.71. The molecule has 10 unspecified atom stereocenters. The Hall–Kier alpha value is -1.76. The molecule has 0 radical (unpaired) electrons. The van der Waals surface area contributed by atoms with Crippen molar-refractivity contribution < 1.29 is 19.1 Å². The smallest absolute Gasteiger partial charge is 0.356 e. The summed E-state index contributed by atoms with van der Waals surface area (Å²) in [6, 6.07) is 0. The first-order valence-electron chi connectivity index (χ1n) is 18.1. The first-order valence-corrected chi connectivity index (χ1v) is 18.1. The lowest BCUT2D eigenvalue weighted by molar-refractivity contribution is -0.147. The van der Waals surface area contributed by atoms with Gasteiger partial charge in [0.2, 0.25) is 0 Å². The minimum absolute atomic E-state index is 0.0671. The van der Waals surface area contributed by atoms with Crippen molar-refractivity contribution in [2.24, 2.45) is 68.4 Å². The SMILES string of the molecule is COC(=O)C1=NN=C(C(=O)OC)C2(N3CCCC3)CC3(C)C(CCC4C3CCC3(C)C(C(C)CCCC(C)C)CCC43)CC12. The van der Waals surface area contributed by atoms with Gasteiger partial charge in [0.15, 0.2) is 11.4 Å². The number of hydrogen-bond donors (Lipinski definition) is 0. The maximum absolute atomic E-state index is 13.5. The third-order valence-corrected chi connectivity index (χ3v) is 14.5. The normalized spacial score (nSPS) is 42.4. The average molecular weight is 610 g/mol. The van der Waals surface area contributed by atoms with E-state index in [1.165, 1.54) is 72.0 Å². The summed E-state index contributed by atoms with van der Waals surface area (Å²) < 4.78 is 10.6. The molecule has 4 saturated carbocycles. The Kier molecular flexibility index (Phi) is 8.86. The van der Waals surface area contributed by atoms with Crippen molar-refractivity contribution in [3.63, 3.8) is 0 Å². The van der Waals surface area contributed by atoms with Crippen molar-refractivity contribution in [2.45, 2.75) is 124 Å². The van der Waals surface area contributed by atoms with Crippen LogP contribution in [0.2, 0.25) is 0 Å². The van der Waals surface area contributed by atoms with E-state index in [2.05, 4.69) is 49.7 Å². The molecule has 44 heavy (non-hydrogen) atoms. The molecule has 2 heterocycles. The van der Waals surface area contributed by atoms with E-state index in [4.69, 9.17) is 9.47 Å². The van der Waals surface area contributed by atoms with E-state index in [9.17, 15) is 9.59 Å². The molecular formula is C37H59N3O4. The van der Waals surface area contributed by atoms with E-state index >= 15 is 0 Å². The Balaban J connectivity index is 1.33. The van der Waals surface area contributed by atoms with Gasteiger partial charge in [-0.05, 0) is 130 Å². The van der Waals surface area contributed by atoms with Crippen molar-refractivity contribution in [1.82, 2.24) is 4.90 Å². The highest BCUT2D eigenvalue weighted by Gasteiger charge is 2.68. The predicted octanol–water partition coefficient (Wildman–Crippen LogP) is 7.33. The maximum Gasteiger partial charge on any atom is 0.356 e. The Morgan fingerprint density at radius 3 is 2.27 bits per heavy atom. The van der Waals surface area contributed by atoms with Gasteiger partial charge in [0, 0.05) is 5.92 Å². The number of fused-ring (bicyclic) bond motifs is 6. The number of carbonyl (C=O) groups excluding carboxylic acids is 2. The minimum atomic E-state index is -0.675. The molecule has 0 bridgehead atoms. The quantitative estimate of drug-likeness (QED) is 0.269. The highest BCUT2D eigenvalue weighted by atomic mass is 16.5. The Morgan fingerprint density at radius 2 is 1.59 bits per heavy atom. The molecule has 0 N–H and O–H groups in total. The summed E-state index contributed by atoms with van der Waals surface area (Å²) >= 11 is 0. The highest BCUT2D eigenvalue weighted by molar-refractivity contribution is 6.45. The standard InChI is InChI=1S/C37H59N3O4/c1-23(2)11-10-12-24(3)27-15-16-28-26-14-13-25-21-30-31(33(41)43-6)38-39-32(34(42)44-7)37(30,40-19-8-9-20-40)22-36(25,5)29(26)17-18-35(27,28)4/h23-30H,8-22H2,1-7H3. The van der Waals surface area contributed by atoms with Gasteiger partial charge in [0.1, 0.15) is 0 Å². The monoisotopic (exact) mass is 609 g/mol. The van der Waals surface area contributed by atoms with E-state index in [0.29, 0.717) is 28.7 Å². The number of methoxy groups -OCH3 is 2. The predicted molar refractivity (Wildman–Crippen MR) is 174 cm³/mol. The molecule has 6 rings (SSSR count). The first kappa shape index (κ1) is 32.2. The fourth-order valence-electron chi connectivity index (χ4n) is 12.5. The van der Waals surface area contributed by atoms with Crippen LogP contribution in [0.25, 0.3) is 0 Å². The van der Waals surface area contributed by atoms with Gasteiger partial charge in [-0.2, -0.15) is 0 Å². The second-order valence-corrected chi connectivity index (χ2v) is 16.7. The molecule has 7 nitrogen and oxygen atoms in total. The highest BCUT2D eigenvalue weighted by Crippen LogP contribution is 2.70. The topological polar surface area (TPSA) is 80.6 Å². The third kappa shape index (κ3) is 4.92. The molecule has 1 saturated heterocycles. The molecular weight excluding hydrogens is 550 g/mol. The van der Waals surface area contributed by atoms with Gasteiger partial charge >= 0.3 is 11.9 Å². The largest absolute Gasteiger partial charge is 0.464 e. The minimum Gasteiger partial charge on any atom is -0.464 e. The maximum atomic E-state index is 13.5. The number of hydrogen-bond acceptors (Lipinski definition) is 7. The number of esters is 2. The molecule has 246 valence electrons. The zero-order chi connectivity index (χ0) is 31.4. The van der Waals surface area contributed by atoms with E-state index in [0.717, 1.165) is 68.4 Å². The summed E-state index contributed by atoms with van der Waals surface area (Å²) in [5, 5.41) is 8.94. The van der Waals surface area contributed by atoms with Crippen LogP contribution in [-0.2, 0) is 19.1 Å². The summed E-state index contributed by atoms with van der Waals surface area (Å²) in [6.07, 6.45) is 15.9. The second-order valence-electron chi connectivity index (χ2n) is 16.7. The molecule has 6 aliphatic rings. The number of rotatable bonds is 8. The molecule has 0 aromatic heterocycles. The zero-order valence-electron chi connectivity index (χ0n) is 28.7. The average Bonchev–Trinajstić information content (AvgIpc) is 3.67. The van der Waals surface area contributed by atoms with Gasteiger partial charge in [-0.1, -0.05) is 53.9 Å². The molecule has 0 amide bonds. The Labute approximate surface area is 266 Å². The Bertz CT molecular complexity index is 1180. The summed E-state index contributed by atoms with van der Waals surface area (Å²) in [5.74, 6) is 4.10. The van der Waals surface area contributed by atoms with E-state index in [1.54, 1.807) is 0 Å². The molecule has 4 aliphatic carbocycles. The van der Waals surface area contributed by atoms with Crippen molar-refractivity contribution in [3.8, 4) is 0 Å². The van der Waals surface area contributed by atoms with Crippen molar-refractivity contribution in [3.05, 3.63) is 0 Å². The van der Waals surface area contributed by atoms with Gasteiger partial charge in [-0.15, -0.1) is 10.2 Å². The van der Waals surface area contributed by atoms with Crippen molar-refractivity contribution in [1.29, 1.82) is 0 Å². The van der Waals surface area contributed by atoms with Crippen LogP contribution in [0, 0.1) is 58.2 Å². The van der Waals surface area contributed by atoms with Crippen LogP contribution in [0.5, 0.6) is 0 Å². The number of ether oxygens (including phenoxy) is 2. The van der Waals surface area contributed by atoms with E-state index < -0.39 is 17.5 Å². The van der Waals surface area contributed by atoms with Crippen LogP contribution in [0.1, 0.15) is 118 Å². The van der Waals surface area contributed by atoms with Crippen molar-refractivity contribution in [2.75, 3.05) is 27.3 Å². The first-order chi connectivity index (χ1) is 21.0. The van der Waals surface area contributed by atoms with Gasteiger partial charge in [-0.3, -0.25) is 4.90 Å². The lowest BCUT2D eigenvalue weighted by atomic mass is 9.41. The summed E-state index contributed by atoms with van der Waals surface area (Å²) in [4.78, 5) is 29.2. The van der Waals surface area contributed by atoms with Gasteiger partial charge in [0.25, 0.3) is 0 Å². The third-order valence-electron chi connectivity index (χ3n) is 14.5. The lowest BCUT2D eigenvalue weighted by Gasteiger charge is -2.66. The van der Waals surface area contributed by atoms with Crippen LogP contribution in [-0.4, -0.2) is 61.1 Å². The second kappa shape index (κ2) is 12.1. The number of nitrogens with zero attached hydrogens (tertiary/aromatic N) is 3. The molecule has 2 aliphatic heterocycles. The van der Waals surface area contributed by atoms with Crippen LogP contribution in [0.15, 0.2) is 10.2 Å².